The van der Waals surface area contributed by atoms with Crippen LogP contribution in [-0.4, -0.2) is 29.6 Å². The van der Waals surface area contributed by atoms with Gasteiger partial charge in [-0.25, -0.2) is 0 Å². The van der Waals surface area contributed by atoms with Crippen molar-refractivity contribution in [3.05, 3.63) is 0 Å². The minimum Gasteiger partial charge on any atom is -0.367 e. The molecule has 0 amide bonds. The molecule has 0 heterocycles. The van der Waals surface area contributed by atoms with Gasteiger partial charge in [-0.1, -0.05) is 96.8 Å². The minimum atomic E-state index is -1.21. The van der Waals surface area contributed by atoms with Crippen molar-refractivity contribution in [1.29, 1.82) is 0 Å². The molecule has 0 aromatic heterocycles. The summed E-state index contributed by atoms with van der Waals surface area (Å²) in [4.78, 5) is 0. The van der Waals surface area contributed by atoms with Gasteiger partial charge in [-0.15, -0.1) is 17.0 Å². The van der Waals surface area contributed by atoms with Crippen molar-refractivity contribution in [1.82, 2.24) is 5.32 Å². The first-order chi connectivity index (χ1) is 10.8. The van der Waals surface area contributed by atoms with Gasteiger partial charge in [0.15, 0.2) is 6.29 Å². The third kappa shape index (κ3) is 24.7. The predicted octanol–water partition coefficient (Wildman–Crippen LogP) is 5.34. The highest BCUT2D eigenvalue weighted by Gasteiger charge is 1.96. The van der Waals surface area contributed by atoms with Gasteiger partial charge in [-0.2, -0.15) is 0 Å². The zero-order chi connectivity index (χ0) is 16.3. The molecular formula is C19H42BrNO2. The van der Waals surface area contributed by atoms with Gasteiger partial charge in [0.2, 0.25) is 0 Å². The number of aliphatic hydroxyl groups is 2. The normalized spacial score (nSPS) is 11.0. The molecule has 0 radical (unpaired) electrons. The van der Waals surface area contributed by atoms with Gasteiger partial charge >= 0.3 is 0 Å². The van der Waals surface area contributed by atoms with E-state index in [9.17, 15) is 0 Å². The summed E-state index contributed by atoms with van der Waals surface area (Å²) in [6, 6.07) is 0. The number of unbranched alkanes of at least 4 members (excludes halogenated alkanes) is 14. The van der Waals surface area contributed by atoms with E-state index < -0.39 is 6.29 Å². The van der Waals surface area contributed by atoms with Crippen LogP contribution in [0, 0.1) is 0 Å². The van der Waals surface area contributed by atoms with Gasteiger partial charge in [0.25, 0.3) is 0 Å². The van der Waals surface area contributed by atoms with Crippen molar-refractivity contribution in [3.63, 3.8) is 0 Å². The van der Waals surface area contributed by atoms with Crippen molar-refractivity contribution >= 4 is 17.0 Å². The molecule has 0 aliphatic rings. The van der Waals surface area contributed by atoms with Crippen molar-refractivity contribution in [2.75, 3.05) is 13.1 Å². The number of hydrogen-bond acceptors (Lipinski definition) is 3. The van der Waals surface area contributed by atoms with Crippen LogP contribution in [0.3, 0.4) is 0 Å². The second kappa shape index (κ2) is 22.4. The molecule has 4 heteroatoms. The second-order valence-corrected chi connectivity index (χ2v) is 6.63. The molecule has 23 heavy (non-hydrogen) atoms. The molecule has 0 atom stereocenters. The van der Waals surface area contributed by atoms with Gasteiger partial charge in [0, 0.05) is 6.54 Å². The van der Waals surface area contributed by atoms with Crippen LogP contribution in [0.25, 0.3) is 0 Å². The molecule has 3 nitrogen and oxygen atoms in total. The van der Waals surface area contributed by atoms with Gasteiger partial charge in [-0.3, -0.25) is 0 Å². The van der Waals surface area contributed by atoms with E-state index in [4.69, 9.17) is 10.2 Å². The quantitative estimate of drug-likeness (QED) is 0.217. The number of aliphatic hydroxyl groups excluding tert-OH is 1. The van der Waals surface area contributed by atoms with Crippen molar-refractivity contribution in [3.8, 4) is 0 Å². The molecule has 3 N–H and O–H groups in total. The lowest BCUT2D eigenvalue weighted by Gasteiger charge is -2.06. The molecule has 142 valence electrons. The third-order valence-electron chi connectivity index (χ3n) is 4.28. The lowest BCUT2D eigenvalue weighted by Crippen LogP contribution is -2.26. The maximum Gasteiger partial charge on any atom is 0.164 e. The van der Waals surface area contributed by atoms with Gasteiger partial charge in [0.05, 0.1) is 0 Å². The van der Waals surface area contributed by atoms with Crippen LogP contribution < -0.4 is 5.32 Å². The van der Waals surface area contributed by atoms with Crippen LogP contribution in [0.15, 0.2) is 0 Å². The summed E-state index contributed by atoms with van der Waals surface area (Å²) in [6.45, 7) is 3.47. The summed E-state index contributed by atoms with van der Waals surface area (Å²) in [5.41, 5.74) is 0. The summed E-state index contributed by atoms with van der Waals surface area (Å²) >= 11 is 0. The van der Waals surface area contributed by atoms with E-state index in [-0.39, 0.29) is 17.0 Å². The molecule has 0 aliphatic heterocycles. The summed E-state index contributed by atoms with van der Waals surface area (Å²) in [5, 5.41) is 20.4. The largest absolute Gasteiger partial charge is 0.367 e. The van der Waals surface area contributed by atoms with Crippen LogP contribution in [0.2, 0.25) is 0 Å². The number of hydrogen-bond donors (Lipinski definition) is 3. The summed E-state index contributed by atoms with van der Waals surface area (Å²) in [7, 11) is 0. The van der Waals surface area contributed by atoms with E-state index >= 15 is 0 Å². The van der Waals surface area contributed by atoms with Crippen LogP contribution in [-0.2, 0) is 0 Å². The molecular weight excluding hydrogens is 354 g/mol. The van der Waals surface area contributed by atoms with Crippen molar-refractivity contribution < 1.29 is 10.2 Å². The Morgan fingerprint density at radius 3 is 1.30 bits per heavy atom. The average Bonchev–Trinajstić information content (AvgIpc) is 2.50. The highest BCUT2D eigenvalue weighted by Crippen LogP contribution is 2.13. The molecule has 0 saturated heterocycles. The number of nitrogens with one attached hydrogen (secondary N) is 1. The maximum atomic E-state index is 8.67. The smallest absolute Gasteiger partial charge is 0.164 e. The SMILES string of the molecule is Br.CCCCCCCCCCCCCCCCCNCC(O)O. The fourth-order valence-corrected chi connectivity index (χ4v) is 2.85. The molecule has 0 unspecified atom stereocenters. The average molecular weight is 396 g/mol. The van der Waals surface area contributed by atoms with E-state index in [1.165, 1.54) is 89.9 Å². The lowest BCUT2D eigenvalue weighted by molar-refractivity contribution is -0.0370. The van der Waals surface area contributed by atoms with E-state index in [1.807, 2.05) is 0 Å². The topological polar surface area (TPSA) is 52.5 Å². The van der Waals surface area contributed by atoms with E-state index in [2.05, 4.69) is 12.2 Å². The number of halogens is 1. The van der Waals surface area contributed by atoms with Gasteiger partial charge < -0.3 is 15.5 Å². The zero-order valence-electron chi connectivity index (χ0n) is 15.4. The van der Waals surface area contributed by atoms with Crippen molar-refractivity contribution in [2.24, 2.45) is 0 Å². The van der Waals surface area contributed by atoms with Crippen LogP contribution in [0.4, 0.5) is 0 Å². The fourth-order valence-electron chi connectivity index (χ4n) is 2.85. The minimum absolute atomic E-state index is 0. The van der Waals surface area contributed by atoms with E-state index in [0.717, 1.165) is 13.0 Å². The molecule has 0 saturated carbocycles. The maximum absolute atomic E-state index is 8.67. The lowest BCUT2D eigenvalue weighted by atomic mass is 10.0. The highest BCUT2D eigenvalue weighted by molar-refractivity contribution is 8.93. The standard InChI is InChI=1S/C19H41NO2.BrH/c1-2-3-4-5-6-7-8-9-10-11-12-13-14-15-16-17-20-18-19(21)22;/h19-22H,2-18H2,1H3;1H. The summed E-state index contributed by atoms with van der Waals surface area (Å²) < 4.78 is 0. The van der Waals surface area contributed by atoms with Crippen molar-refractivity contribution in [2.45, 2.75) is 110 Å². The number of rotatable bonds is 18. The van der Waals surface area contributed by atoms with Crippen LogP contribution in [0.5, 0.6) is 0 Å². The Kier molecular flexibility index (Phi) is 24.9. The van der Waals surface area contributed by atoms with Crippen LogP contribution in [0.1, 0.15) is 103 Å². The zero-order valence-corrected chi connectivity index (χ0v) is 17.1. The molecule has 0 aromatic carbocycles. The highest BCUT2D eigenvalue weighted by atomic mass is 79.9. The predicted molar refractivity (Wildman–Crippen MR) is 106 cm³/mol. The Balaban J connectivity index is 0. The first-order valence-electron chi connectivity index (χ1n) is 9.84. The Bertz CT molecular complexity index is 204. The Morgan fingerprint density at radius 1 is 0.609 bits per heavy atom. The van der Waals surface area contributed by atoms with Gasteiger partial charge in [-0.05, 0) is 13.0 Å². The van der Waals surface area contributed by atoms with Gasteiger partial charge in [0.1, 0.15) is 0 Å². The molecule has 0 aliphatic carbocycles. The second-order valence-electron chi connectivity index (χ2n) is 6.63. The van der Waals surface area contributed by atoms with E-state index in [0.29, 0.717) is 6.54 Å². The van der Waals surface area contributed by atoms with Crippen LogP contribution >= 0.6 is 17.0 Å². The molecule has 0 fully saturated rings. The fraction of sp³-hybridized carbons (Fsp3) is 1.00. The Hall–Kier alpha value is 0.360. The Morgan fingerprint density at radius 2 is 0.957 bits per heavy atom. The molecule has 0 spiro atoms. The first kappa shape index (κ1) is 25.6. The van der Waals surface area contributed by atoms with E-state index in [1.54, 1.807) is 0 Å². The first-order valence-corrected chi connectivity index (χ1v) is 9.84. The molecule has 0 aromatic rings. The molecule has 0 rings (SSSR count). The summed E-state index contributed by atoms with van der Waals surface area (Å²) in [5.74, 6) is 0. The third-order valence-corrected chi connectivity index (χ3v) is 4.28. The Labute approximate surface area is 155 Å². The summed E-state index contributed by atoms with van der Waals surface area (Å²) in [6.07, 6.45) is 19.5. The monoisotopic (exact) mass is 395 g/mol. The molecule has 0 bridgehead atoms.